The van der Waals surface area contributed by atoms with Gasteiger partial charge in [-0.25, -0.2) is 0 Å². The highest BCUT2D eigenvalue weighted by atomic mass is 14.1. The van der Waals surface area contributed by atoms with Crippen molar-refractivity contribution in [1.82, 2.24) is 0 Å². The van der Waals surface area contributed by atoms with Crippen molar-refractivity contribution >= 4 is 0 Å². The summed E-state index contributed by atoms with van der Waals surface area (Å²) in [6.45, 7) is 8.46. The zero-order chi connectivity index (χ0) is 13.4. The fourth-order valence-corrected chi connectivity index (χ4v) is 2.27. The summed E-state index contributed by atoms with van der Waals surface area (Å²) in [5.74, 6) is 0. The van der Waals surface area contributed by atoms with Crippen LogP contribution in [-0.4, -0.2) is 0 Å². The third-order valence-electron chi connectivity index (χ3n) is 3.09. The second-order valence-corrected chi connectivity index (χ2v) is 4.02. The summed E-state index contributed by atoms with van der Waals surface area (Å²) in [5.41, 5.74) is 5.69. The van der Waals surface area contributed by atoms with E-state index in [0.717, 1.165) is 12.8 Å². The Bertz CT molecular complexity index is 455. The molecule has 0 heterocycles. The number of benzene rings is 2. The molecule has 0 aliphatic carbocycles. The summed E-state index contributed by atoms with van der Waals surface area (Å²) in [7, 11) is 0. The Hall–Kier alpha value is -1.56. The molecule has 0 aliphatic heterocycles. The van der Waals surface area contributed by atoms with E-state index in [-0.39, 0.29) is 0 Å². The van der Waals surface area contributed by atoms with Crippen LogP contribution < -0.4 is 0 Å². The lowest BCUT2D eigenvalue weighted by Gasteiger charge is -2.12. The van der Waals surface area contributed by atoms with Crippen LogP contribution in [0.2, 0.25) is 0 Å². The van der Waals surface area contributed by atoms with Gasteiger partial charge in [-0.2, -0.15) is 0 Å². The molecule has 0 fully saturated rings. The molecule has 96 valence electrons. The van der Waals surface area contributed by atoms with Crippen molar-refractivity contribution in [3.8, 4) is 11.1 Å². The van der Waals surface area contributed by atoms with Crippen molar-refractivity contribution in [2.45, 2.75) is 40.5 Å². The molecular weight excluding hydrogens is 216 g/mol. The van der Waals surface area contributed by atoms with Crippen LogP contribution in [0.1, 0.15) is 38.8 Å². The van der Waals surface area contributed by atoms with Crippen molar-refractivity contribution < 1.29 is 0 Å². The van der Waals surface area contributed by atoms with E-state index in [2.05, 4.69) is 62.4 Å². The van der Waals surface area contributed by atoms with Gasteiger partial charge in [-0.3, -0.25) is 0 Å². The SMILES string of the molecule is CC.CCc1cccc(-c2ccccc2)c1CC. The van der Waals surface area contributed by atoms with Gasteiger partial charge >= 0.3 is 0 Å². The largest absolute Gasteiger partial charge is 0.0683 e. The standard InChI is InChI=1S/C16H18.C2H6/c1-3-13-11-8-12-16(15(13)4-2)14-9-6-5-7-10-14;1-2/h5-12H,3-4H2,1-2H3;1-2H3. The molecule has 0 spiro atoms. The first-order valence-electron chi connectivity index (χ1n) is 7.03. The minimum atomic E-state index is 1.11. The van der Waals surface area contributed by atoms with Gasteiger partial charge in [0.1, 0.15) is 0 Å². The molecule has 0 aliphatic rings. The van der Waals surface area contributed by atoms with Crippen molar-refractivity contribution in [3.63, 3.8) is 0 Å². The molecule has 0 aromatic heterocycles. The molecule has 0 unspecified atom stereocenters. The third kappa shape index (κ3) is 3.22. The van der Waals surface area contributed by atoms with E-state index in [1.165, 1.54) is 22.3 Å². The Morgan fingerprint density at radius 1 is 0.722 bits per heavy atom. The van der Waals surface area contributed by atoms with Crippen molar-refractivity contribution in [3.05, 3.63) is 59.7 Å². The maximum absolute atomic E-state index is 2.24. The van der Waals surface area contributed by atoms with Crippen LogP contribution in [-0.2, 0) is 12.8 Å². The van der Waals surface area contributed by atoms with Crippen molar-refractivity contribution in [1.29, 1.82) is 0 Å². The average Bonchev–Trinajstić information content (AvgIpc) is 2.49. The van der Waals surface area contributed by atoms with E-state index in [0.29, 0.717) is 0 Å². The van der Waals surface area contributed by atoms with Crippen LogP contribution in [0.4, 0.5) is 0 Å². The number of hydrogen-bond donors (Lipinski definition) is 0. The van der Waals surface area contributed by atoms with Crippen LogP contribution in [0, 0.1) is 0 Å². The molecule has 2 rings (SSSR count). The quantitative estimate of drug-likeness (QED) is 0.664. The van der Waals surface area contributed by atoms with Gasteiger partial charge in [0.25, 0.3) is 0 Å². The zero-order valence-electron chi connectivity index (χ0n) is 12.0. The minimum Gasteiger partial charge on any atom is -0.0683 e. The zero-order valence-corrected chi connectivity index (χ0v) is 12.0. The lowest BCUT2D eigenvalue weighted by molar-refractivity contribution is 1.04. The predicted molar refractivity (Wildman–Crippen MR) is 82.0 cm³/mol. The first-order chi connectivity index (χ1) is 8.86. The van der Waals surface area contributed by atoms with E-state index in [1.54, 1.807) is 0 Å². The summed E-state index contributed by atoms with van der Waals surface area (Å²) < 4.78 is 0. The van der Waals surface area contributed by atoms with E-state index < -0.39 is 0 Å². The molecule has 2 aromatic rings. The number of rotatable bonds is 3. The van der Waals surface area contributed by atoms with Crippen molar-refractivity contribution in [2.75, 3.05) is 0 Å². The molecule has 0 nitrogen and oxygen atoms in total. The summed E-state index contributed by atoms with van der Waals surface area (Å²) in [4.78, 5) is 0. The van der Waals surface area contributed by atoms with E-state index >= 15 is 0 Å². The maximum atomic E-state index is 2.24. The monoisotopic (exact) mass is 240 g/mol. The fraction of sp³-hybridized carbons (Fsp3) is 0.333. The summed E-state index contributed by atoms with van der Waals surface area (Å²) in [6, 6.07) is 17.3. The Kier molecular flexibility index (Phi) is 6.21. The van der Waals surface area contributed by atoms with Gasteiger partial charge in [0.15, 0.2) is 0 Å². The molecule has 0 saturated heterocycles. The van der Waals surface area contributed by atoms with E-state index in [9.17, 15) is 0 Å². The van der Waals surface area contributed by atoms with Crippen LogP contribution in [0.25, 0.3) is 11.1 Å². The highest BCUT2D eigenvalue weighted by molar-refractivity contribution is 5.68. The average molecular weight is 240 g/mol. The molecular formula is C18H24. The maximum Gasteiger partial charge on any atom is -0.0149 e. The second kappa shape index (κ2) is 7.71. The first-order valence-corrected chi connectivity index (χ1v) is 7.03. The minimum absolute atomic E-state index is 1.11. The normalized spacial score (nSPS) is 9.56. The smallest absolute Gasteiger partial charge is 0.0149 e. The highest BCUT2D eigenvalue weighted by Gasteiger charge is 2.06. The van der Waals surface area contributed by atoms with Gasteiger partial charge in [0.2, 0.25) is 0 Å². The second-order valence-electron chi connectivity index (χ2n) is 4.02. The van der Waals surface area contributed by atoms with E-state index in [4.69, 9.17) is 0 Å². The predicted octanol–water partition coefficient (Wildman–Crippen LogP) is 5.50. The van der Waals surface area contributed by atoms with Gasteiger partial charge in [-0.05, 0) is 35.1 Å². The topological polar surface area (TPSA) is 0 Å². The Morgan fingerprint density at radius 3 is 1.94 bits per heavy atom. The summed E-state index contributed by atoms with van der Waals surface area (Å²) >= 11 is 0. The lowest BCUT2D eigenvalue weighted by Crippen LogP contribution is -1.94. The highest BCUT2D eigenvalue weighted by Crippen LogP contribution is 2.26. The molecule has 0 atom stereocenters. The van der Waals surface area contributed by atoms with Crippen LogP contribution in [0.15, 0.2) is 48.5 Å². The lowest BCUT2D eigenvalue weighted by atomic mass is 9.93. The summed E-state index contributed by atoms with van der Waals surface area (Å²) in [5, 5.41) is 0. The molecule has 0 amide bonds. The van der Waals surface area contributed by atoms with Gasteiger partial charge < -0.3 is 0 Å². The Morgan fingerprint density at radius 2 is 1.39 bits per heavy atom. The van der Waals surface area contributed by atoms with Crippen LogP contribution in [0.5, 0.6) is 0 Å². The third-order valence-corrected chi connectivity index (χ3v) is 3.09. The fourth-order valence-electron chi connectivity index (χ4n) is 2.27. The van der Waals surface area contributed by atoms with Crippen LogP contribution >= 0.6 is 0 Å². The molecule has 0 radical (unpaired) electrons. The molecule has 0 saturated carbocycles. The first kappa shape index (κ1) is 14.5. The van der Waals surface area contributed by atoms with Gasteiger partial charge in [-0.15, -0.1) is 0 Å². The molecule has 0 bridgehead atoms. The van der Waals surface area contributed by atoms with E-state index in [1.807, 2.05) is 13.8 Å². The number of aryl methyl sites for hydroxylation is 1. The molecule has 18 heavy (non-hydrogen) atoms. The Balaban J connectivity index is 0.000000771. The molecule has 0 N–H and O–H groups in total. The van der Waals surface area contributed by atoms with Crippen LogP contribution in [0.3, 0.4) is 0 Å². The molecule has 0 heteroatoms. The van der Waals surface area contributed by atoms with Gasteiger partial charge in [0, 0.05) is 0 Å². The molecule has 2 aromatic carbocycles. The van der Waals surface area contributed by atoms with Gasteiger partial charge in [-0.1, -0.05) is 76.2 Å². The summed E-state index contributed by atoms with van der Waals surface area (Å²) in [6.07, 6.45) is 2.22. The Labute approximate surface area is 112 Å². The van der Waals surface area contributed by atoms with Crippen molar-refractivity contribution in [2.24, 2.45) is 0 Å². The van der Waals surface area contributed by atoms with Gasteiger partial charge in [0.05, 0.1) is 0 Å². The number of hydrogen-bond acceptors (Lipinski definition) is 0.